The fourth-order valence-corrected chi connectivity index (χ4v) is 7.86. The second-order valence-corrected chi connectivity index (χ2v) is 11.0. The normalized spacial score (nSPS) is 27.2. The van der Waals surface area contributed by atoms with Gasteiger partial charge in [-0.3, -0.25) is 4.79 Å². The largest absolute Gasteiger partial charge is 0.478 e. The molecule has 3 aromatic carbocycles. The Balaban J connectivity index is 1.49. The van der Waals surface area contributed by atoms with Crippen molar-refractivity contribution in [3.05, 3.63) is 65.2 Å². The molecule has 4 saturated carbocycles. The first-order chi connectivity index (χ1) is 16.3. The number of esters is 1. The molecule has 4 aliphatic rings. The van der Waals surface area contributed by atoms with Crippen molar-refractivity contribution in [2.45, 2.75) is 57.8 Å². The summed E-state index contributed by atoms with van der Waals surface area (Å²) in [6, 6.07) is 15.5. The first-order valence-electron chi connectivity index (χ1n) is 12.4. The quantitative estimate of drug-likeness (QED) is 0.344. The van der Waals surface area contributed by atoms with Gasteiger partial charge in [0.1, 0.15) is 5.75 Å². The molecule has 1 N–H and O–H groups in total. The van der Waals surface area contributed by atoms with Gasteiger partial charge in [0.15, 0.2) is 0 Å². The lowest BCUT2D eigenvalue weighted by Crippen LogP contribution is -2.49. The van der Waals surface area contributed by atoms with E-state index in [1.165, 1.54) is 56.6 Å². The van der Waals surface area contributed by atoms with Gasteiger partial charge in [-0.25, -0.2) is 4.79 Å². The standard InChI is InChI=1S/C30H30O4/c1-17-26(24-5-3-23-13-25(29(32)33)6-4-22(23)12-24)7-8-27(34-18(2)31)28(17)30-14-19-9-20(15-30)11-21(10-19)16-30/h3-8,12-13,19-21H,9-11,14-16H2,1-2H3,(H,32,33). The highest BCUT2D eigenvalue weighted by atomic mass is 16.5. The van der Waals surface area contributed by atoms with E-state index in [0.717, 1.165) is 45.4 Å². The van der Waals surface area contributed by atoms with E-state index >= 15 is 0 Å². The van der Waals surface area contributed by atoms with Crippen LogP contribution in [0.1, 0.15) is 66.9 Å². The van der Waals surface area contributed by atoms with E-state index < -0.39 is 5.97 Å². The lowest BCUT2D eigenvalue weighted by Gasteiger charge is -2.57. The molecule has 34 heavy (non-hydrogen) atoms. The van der Waals surface area contributed by atoms with E-state index in [2.05, 4.69) is 25.1 Å². The highest BCUT2D eigenvalue weighted by Gasteiger charge is 2.53. The van der Waals surface area contributed by atoms with Gasteiger partial charge in [-0.05, 0) is 115 Å². The molecule has 0 aromatic heterocycles. The van der Waals surface area contributed by atoms with Gasteiger partial charge in [0.25, 0.3) is 0 Å². The SMILES string of the molecule is CC(=O)Oc1ccc(-c2ccc3cc(C(=O)O)ccc3c2)c(C)c1C12CC3CC(CC(C3)C1)C2. The summed E-state index contributed by atoms with van der Waals surface area (Å²) in [5.41, 5.74) is 5.13. The van der Waals surface area contributed by atoms with Crippen LogP contribution in [0.4, 0.5) is 0 Å². The Morgan fingerprint density at radius 3 is 2.12 bits per heavy atom. The van der Waals surface area contributed by atoms with Crippen LogP contribution in [-0.4, -0.2) is 17.0 Å². The Morgan fingerprint density at radius 2 is 1.50 bits per heavy atom. The maximum Gasteiger partial charge on any atom is 0.335 e. The average molecular weight is 455 g/mol. The maximum absolute atomic E-state index is 12.0. The predicted molar refractivity (Wildman–Crippen MR) is 132 cm³/mol. The highest BCUT2D eigenvalue weighted by Crippen LogP contribution is 2.62. The van der Waals surface area contributed by atoms with Gasteiger partial charge in [-0.2, -0.15) is 0 Å². The van der Waals surface area contributed by atoms with Crippen molar-refractivity contribution in [2.24, 2.45) is 17.8 Å². The van der Waals surface area contributed by atoms with Crippen molar-refractivity contribution in [1.29, 1.82) is 0 Å². The minimum absolute atomic E-state index is 0.104. The topological polar surface area (TPSA) is 63.6 Å². The number of hydrogen-bond donors (Lipinski definition) is 1. The molecule has 7 rings (SSSR count). The van der Waals surface area contributed by atoms with Gasteiger partial charge < -0.3 is 9.84 Å². The predicted octanol–water partition coefficient (Wildman–Crippen LogP) is 6.91. The summed E-state index contributed by atoms with van der Waals surface area (Å²) in [5.74, 6) is 1.94. The van der Waals surface area contributed by atoms with Crippen molar-refractivity contribution < 1.29 is 19.4 Å². The van der Waals surface area contributed by atoms with Gasteiger partial charge >= 0.3 is 11.9 Å². The van der Waals surface area contributed by atoms with Crippen LogP contribution in [0, 0.1) is 24.7 Å². The molecule has 4 heteroatoms. The van der Waals surface area contributed by atoms with Crippen LogP contribution in [0.15, 0.2) is 48.5 Å². The number of carbonyl (C=O) groups excluding carboxylic acids is 1. The zero-order valence-corrected chi connectivity index (χ0v) is 19.8. The number of rotatable bonds is 4. The first kappa shape index (κ1) is 21.4. The van der Waals surface area contributed by atoms with Crippen LogP contribution < -0.4 is 4.74 Å². The average Bonchev–Trinajstić information content (AvgIpc) is 2.77. The Labute approximate surface area is 199 Å². The number of carboxylic acids is 1. The summed E-state index contributed by atoms with van der Waals surface area (Å²) in [5, 5.41) is 11.2. The zero-order valence-electron chi connectivity index (χ0n) is 19.8. The van der Waals surface area contributed by atoms with Gasteiger partial charge in [-0.15, -0.1) is 0 Å². The maximum atomic E-state index is 12.0. The van der Waals surface area contributed by atoms with Crippen LogP contribution in [0.25, 0.3) is 21.9 Å². The summed E-state index contributed by atoms with van der Waals surface area (Å²) in [6.45, 7) is 3.68. The van der Waals surface area contributed by atoms with Crippen LogP contribution in [0.3, 0.4) is 0 Å². The van der Waals surface area contributed by atoms with Crippen LogP contribution in [0.5, 0.6) is 5.75 Å². The summed E-state index contributed by atoms with van der Waals surface area (Å²) in [4.78, 5) is 23.4. The molecule has 0 heterocycles. The Hall–Kier alpha value is -3.14. The molecule has 3 aromatic rings. The van der Waals surface area contributed by atoms with E-state index in [9.17, 15) is 14.7 Å². The summed E-state index contributed by atoms with van der Waals surface area (Å²) in [6.07, 6.45) is 7.70. The Kier molecular flexibility index (Phi) is 4.84. The molecule has 4 bridgehead atoms. The second kappa shape index (κ2) is 7.69. The Morgan fingerprint density at radius 1 is 0.882 bits per heavy atom. The molecule has 0 amide bonds. The fraction of sp³-hybridized carbons (Fsp3) is 0.400. The van der Waals surface area contributed by atoms with Crippen molar-refractivity contribution >= 4 is 22.7 Å². The summed E-state index contributed by atoms with van der Waals surface area (Å²) >= 11 is 0. The fourth-order valence-electron chi connectivity index (χ4n) is 7.86. The smallest absolute Gasteiger partial charge is 0.335 e. The lowest BCUT2D eigenvalue weighted by molar-refractivity contribution is -0.132. The third kappa shape index (κ3) is 3.43. The molecule has 4 fully saturated rings. The van der Waals surface area contributed by atoms with Gasteiger partial charge in [0, 0.05) is 17.9 Å². The summed E-state index contributed by atoms with van der Waals surface area (Å²) in [7, 11) is 0. The molecular weight excluding hydrogens is 424 g/mol. The number of hydrogen-bond acceptors (Lipinski definition) is 3. The molecular formula is C30H30O4. The minimum Gasteiger partial charge on any atom is -0.478 e. The van der Waals surface area contributed by atoms with Gasteiger partial charge in [0.2, 0.25) is 0 Å². The van der Waals surface area contributed by atoms with Crippen LogP contribution in [-0.2, 0) is 10.2 Å². The Bertz CT molecular complexity index is 1300. The van der Waals surface area contributed by atoms with Crippen LogP contribution >= 0.6 is 0 Å². The third-order valence-corrected chi connectivity index (χ3v) is 8.65. The lowest BCUT2D eigenvalue weighted by atomic mass is 9.47. The van der Waals surface area contributed by atoms with E-state index in [0.29, 0.717) is 5.56 Å². The van der Waals surface area contributed by atoms with Gasteiger partial charge in [-0.1, -0.05) is 24.3 Å². The number of carboxylic acid groups (broad SMARTS) is 1. The number of ether oxygens (including phenoxy) is 1. The van der Waals surface area contributed by atoms with Crippen molar-refractivity contribution in [2.75, 3.05) is 0 Å². The molecule has 4 nitrogen and oxygen atoms in total. The molecule has 0 unspecified atom stereocenters. The van der Waals surface area contributed by atoms with Crippen molar-refractivity contribution in [1.82, 2.24) is 0 Å². The van der Waals surface area contributed by atoms with Crippen molar-refractivity contribution in [3.63, 3.8) is 0 Å². The van der Waals surface area contributed by atoms with Gasteiger partial charge in [0.05, 0.1) is 5.56 Å². The molecule has 174 valence electrons. The van der Waals surface area contributed by atoms with E-state index in [1.54, 1.807) is 12.1 Å². The second-order valence-electron chi connectivity index (χ2n) is 11.0. The highest BCUT2D eigenvalue weighted by molar-refractivity contribution is 5.96. The molecule has 0 saturated heterocycles. The zero-order chi connectivity index (χ0) is 23.6. The monoisotopic (exact) mass is 454 g/mol. The van der Waals surface area contributed by atoms with Crippen LogP contribution in [0.2, 0.25) is 0 Å². The number of benzene rings is 3. The molecule has 0 atom stereocenters. The molecule has 0 aliphatic heterocycles. The summed E-state index contributed by atoms with van der Waals surface area (Å²) < 4.78 is 5.82. The third-order valence-electron chi connectivity index (χ3n) is 8.65. The van der Waals surface area contributed by atoms with E-state index in [-0.39, 0.29) is 11.4 Å². The molecule has 0 spiro atoms. The number of fused-ring (bicyclic) bond motifs is 1. The van der Waals surface area contributed by atoms with E-state index in [1.807, 2.05) is 18.2 Å². The first-order valence-corrected chi connectivity index (χ1v) is 12.4. The molecule has 0 radical (unpaired) electrons. The van der Waals surface area contributed by atoms with E-state index in [4.69, 9.17) is 4.74 Å². The minimum atomic E-state index is -0.914. The molecule has 4 aliphatic carbocycles. The number of aromatic carboxylic acids is 1. The number of carbonyl (C=O) groups is 2. The van der Waals surface area contributed by atoms with Crippen molar-refractivity contribution in [3.8, 4) is 16.9 Å².